The van der Waals surface area contributed by atoms with Gasteiger partial charge < -0.3 is 40.3 Å². The van der Waals surface area contributed by atoms with Gasteiger partial charge in [-0.25, -0.2) is 0 Å². The number of amides is 1. The highest BCUT2D eigenvalue weighted by Gasteiger charge is 2.44. The maximum atomic E-state index is 13.1. The fraction of sp³-hybridized carbons (Fsp3) is 0.767. The van der Waals surface area contributed by atoms with Crippen molar-refractivity contribution in [3.05, 3.63) is 97.2 Å². The summed E-state index contributed by atoms with van der Waals surface area (Å²) in [6, 6.07) is -0.832. The first-order valence-electron chi connectivity index (χ1n) is 34.5. The Morgan fingerprint density at radius 1 is 0.427 bits per heavy atom. The van der Waals surface area contributed by atoms with Crippen molar-refractivity contribution in [1.82, 2.24) is 5.32 Å². The largest absolute Gasteiger partial charge is 0.394 e. The molecular formula is C73H129NO8. The Labute approximate surface area is 504 Å². The summed E-state index contributed by atoms with van der Waals surface area (Å²) in [6.07, 6.45) is 82.2. The van der Waals surface area contributed by atoms with Crippen LogP contribution in [-0.2, 0) is 14.3 Å². The lowest BCUT2D eigenvalue weighted by molar-refractivity contribution is -0.302. The fourth-order valence-electron chi connectivity index (χ4n) is 10.5. The van der Waals surface area contributed by atoms with Gasteiger partial charge in [0.2, 0.25) is 5.91 Å². The molecule has 1 fully saturated rings. The van der Waals surface area contributed by atoms with Crippen LogP contribution in [0.15, 0.2) is 97.2 Å². The zero-order chi connectivity index (χ0) is 59.3. The maximum absolute atomic E-state index is 13.1. The minimum absolute atomic E-state index is 0.192. The molecule has 0 saturated carbocycles. The molecule has 0 aromatic heterocycles. The second kappa shape index (κ2) is 61.2. The van der Waals surface area contributed by atoms with Gasteiger partial charge in [-0.05, 0) is 83.5 Å². The number of carbonyl (C=O) groups excluding carboxylic acids is 1. The predicted molar refractivity (Wildman–Crippen MR) is 350 cm³/mol. The van der Waals surface area contributed by atoms with E-state index in [4.69, 9.17) is 9.47 Å². The molecule has 1 aliphatic rings. The van der Waals surface area contributed by atoms with E-state index in [0.717, 1.165) is 89.9 Å². The number of aliphatic hydroxyl groups is 5. The van der Waals surface area contributed by atoms with Crippen LogP contribution in [-0.4, -0.2) is 87.5 Å². The molecule has 1 aliphatic heterocycles. The molecule has 82 heavy (non-hydrogen) atoms. The Morgan fingerprint density at radius 3 is 1.17 bits per heavy atom. The van der Waals surface area contributed by atoms with Gasteiger partial charge in [0.15, 0.2) is 6.29 Å². The van der Waals surface area contributed by atoms with E-state index in [-0.39, 0.29) is 12.5 Å². The molecule has 7 unspecified atom stereocenters. The lowest BCUT2D eigenvalue weighted by Crippen LogP contribution is -2.60. The van der Waals surface area contributed by atoms with Crippen LogP contribution in [0.1, 0.15) is 303 Å². The highest BCUT2D eigenvalue weighted by molar-refractivity contribution is 5.76. The van der Waals surface area contributed by atoms with Crippen LogP contribution in [0, 0.1) is 0 Å². The van der Waals surface area contributed by atoms with Crippen LogP contribution in [0.2, 0.25) is 0 Å². The number of allylic oxidation sites excluding steroid dienone is 15. The standard InChI is InChI=1S/C73H129NO8/c1-3-5-7-9-11-13-15-17-19-21-23-25-27-29-31-33-35-36-38-40-42-44-46-48-50-52-54-56-58-60-62-67(76)66(65-81-73-72(80)71(79)70(78)68(64-75)82-73)74-69(77)63-61-59-57-55-53-51-49-47-45-43-41-39-37-34-32-30-28-26-24-22-20-18-16-14-12-10-8-6-4-2/h6,8,12,14,18,20,24,26,30,32,37,39,52,54,60,62,66-68,70-73,75-76,78-80H,3-5,7,9-11,13,15-17,19,21-23,25,27-29,31,33-36,38,40-51,53,55-59,61,63-65H2,1-2H3,(H,74,77)/b8-6-,14-12-,20-18-,26-24-,32-30-,39-37-,54-52+,62-60+. The summed E-state index contributed by atoms with van der Waals surface area (Å²) in [6.45, 7) is 3.68. The lowest BCUT2D eigenvalue weighted by atomic mass is 9.99. The Hall–Kier alpha value is -2.89. The molecule has 0 aromatic rings. The van der Waals surface area contributed by atoms with Crippen molar-refractivity contribution in [3.63, 3.8) is 0 Å². The van der Waals surface area contributed by atoms with Gasteiger partial charge in [0.1, 0.15) is 24.4 Å². The molecule has 474 valence electrons. The second-order valence-electron chi connectivity index (χ2n) is 23.6. The van der Waals surface area contributed by atoms with Crippen molar-refractivity contribution in [2.24, 2.45) is 0 Å². The van der Waals surface area contributed by atoms with Crippen molar-refractivity contribution in [2.45, 2.75) is 346 Å². The van der Waals surface area contributed by atoms with E-state index in [2.05, 4.69) is 104 Å². The van der Waals surface area contributed by atoms with Gasteiger partial charge in [-0.2, -0.15) is 0 Å². The number of unbranched alkanes of at least 4 members (excludes halogenated alkanes) is 35. The summed E-state index contributed by atoms with van der Waals surface area (Å²) in [5, 5.41) is 54.7. The summed E-state index contributed by atoms with van der Waals surface area (Å²) in [5.41, 5.74) is 0. The number of ether oxygens (including phenoxy) is 2. The van der Waals surface area contributed by atoms with E-state index in [1.807, 2.05) is 6.08 Å². The average Bonchev–Trinajstić information content (AvgIpc) is 3.57. The van der Waals surface area contributed by atoms with E-state index in [9.17, 15) is 30.3 Å². The van der Waals surface area contributed by atoms with E-state index < -0.39 is 49.5 Å². The van der Waals surface area contributed by atoms with E-state index in [1.165, 1.54) is 193 Å². The molecule has 9 nitrogen and oxygen atoms in total. The number of hydrogen-bond acceptors (Lipinski definition) is 8. The molecule has 0 aliphatic carbocycles. The van der Waals surface area contributed by atoms with Crippen molar-refractivity contribution in [2.75, 3.05) is 13.2 Å². The van der Waals surface area contributed by atoms with Crippen LogP contribution < -0.4 is 5.32 Å². The number of hydrogen-bond donors (Lipinski definition) is 6. The summed E-state index contributed by atoms with van der Waals surface area (Å²) >= 11 is 0. The van der Waals surface area contributed by atoms with Gasteiger partial charge in [-0.3, -0.25) is 4.79 Å². The molecule has 0 bridgehead atoms. The Balaban J connectivity index is 2.18. The zero-order valence-corrected chi connectivity index (χ0v) is 53.0. The Bertz CT molecular complexity index is 1620. The third-order valence-electron chi connectivity index (χ3n) is 15.9. The van der Waals surface area contributed by atoms with E-state index in [0.29, 0.717) is 6.42 Å². The number of nitrogens with one attached hydrogen (secondary N) is 1. The van der Waals surface area contributed by atoms with Crippen molar-refractivity contribution < 1.29 is 39.8 Å². The summed E-state index contributed by atoms with van der Waals surface area (Å²) in [4.78, 5) is 13.1. The molecule has 9 heteroatoms. The number of rotatable bonds is 59. The summed E-state index contributed by atoms with van der Waals surface area (Å²) in [7, 11) is 0. The lowest BCUT2D eigenvalue weighted by Gasteiger charge is -2.40. The first-order valence-corrected chi connectivity index (χ1v) is 34.5. The van der Waals surface area contributed by atoms with Crippen LogP contribution >= 0.6 is 0 Å². The quantitative estimate of drug-likeness (QED) is 0.0261. The maximum Gasteiger partial charge on any atom is 0.220 e. The first kappa shape index (κ1) is 77.1. The third-order valence-corrected chi connectivity index (χ3v) is 15.9. The second-order valence-corrected chi connectivity index (χ2v) is 23.6. The molecule has 0 spiro atoms. The minimum atomic E-state index is -1.58. The number of carbonyl (C=O) groups is 1. The Kier molecular flexibility index (Phi) is 57.6. The van der Waals surface area contributed by atoms with Crippen molar-refractivity contribution >= 4 is 5.91 Å². The normalized spacial score (nSPS) is 18.9. The van der Waals surface area contributed by atoms with Gasteiger partial charge in [-0.1, -0.05) is 310 Å². The van der Waals surface area contributed by atoms with E-state index >= 15 is 0 Å². The molecule has 0 radical (unpaired) electrons. The molecule has 7 atom stereocenters. The van der Waals surface area contributed by atoms with Crippen LogP contribution in [0.4, 0.5) is 0 Å². The monoisotopic (exact) mass is 1150 g/mol. The number of aliphatic hydroxyl groups excluding tert-OH is 5. The average molecular weight is 1150 g/mol. The van der Waals surface area contributed by atoms with Gasteiger partial charge in [0.05, 0.1) is 25.4 Å². The molecule has 0 aromatic carbocycles. The molecule has 1 heterocycles. The SMILES string of the molecule is CC/C=C\C/C=C\C/C=C\C/C=C\C/C=C\C/C=C\CCCCCCCCCCCCC(=O)NC(COC1OC(CO)C(O)C(O)C1O)C(O)/C=C/CC/C=C/CCCCCCCCCCCCCCCCCCCCCCCCCC. The topological polar surface area (TPSA) is 149 Å². The first-order chi connectivity index (χ1) is 40.3. The van der Waals surface area contributed by atoms with Crippen molar-refractivity contribution in [1.29, 1.82) is 0 Å². The van der Waals surface area contributed by atoms with Crippen LogP contribution in [0.5, 0.6) is 0 Å². The van der Waals surface area contributed by atoms with E-state index in [1.54, 1.807) is 6.08 Å². The van der Waals surface area contributed by atoms with Gasteiger partial charge in [0, 0.05) is 6.42 Å². The van der Waals surface area contributed by atoms with Crippen molar-refractivity contribution in [3.8, 4) is 0 Å². The van der Waals surface area contributed by atoms with Gasteiger partial charge in [-0.15, -0.1) is 0 Å². The molecule has 6 N–H and O–H groups in total. The highest BCUT2D eigenvalue weighted by atomic mass is 16.7. The smallest absolute Gasteiger partial charge is 0.220 e. The molecule has 1 rings (SSSR count). The molecule has 1 amide bonds. The predicted octanol–water partition coefficient (Wildman–Crippen LogP) is 18.7. The van der Waals surface area contributed by atoms with Gasteiger partial charge in [0.25, 0.3) is 0 Å². The highest BCUT2D eigenvalue weighted by Crippen LogP contribution is 2.23. The fourth-order valence-corrected chi connectivity index (χ4v) is 10.5. The summed E-state index contributed by atoms with van der Waals surface area (Å²) in [5.74, 6) is -0.192. The molecular weight excluding hydrogens is 1020 g/mol. The molecule has 1 saturated heterocycles. The van der Waals surface area contributed by atoms with Crippen LogP contribution in [0.3, 0.4) is 0 Å². The zero-order valence-electron chi connectivity index (χ0n) is 53.0. The Morgan fingerprint density at radius 2 is 0.768 bits per heavy atom. The van der Waals surface area contributed by atoms with Crippen LogP contribution in [0.25, 0.3) is 0 Å². The minimum Gasteiger partial charge on any atom is -0.394 e. The summed E-state index contributed by atoms with van der Waals surface area (Å²) < 4.78 is 11.3. The van der Waals surface area contributed by atoms with Gasteiger partial charge >= 0.3 is 0 Å². The third kappa shape index (κ3) is 49.4.